The van der Waals surface area contributed by atoms with Crippen LogP contribution in [0.3, 0.4) is 0 Å². The van der Waals surface area contributed by atoms with Gasteiger partial charge in [-0.3, -0.25) is 0 Å². The molecule has 1 heterocycles. The molecule has 4 nitrogen and oxygen atoms in total. The van der Waals surface area contributed by atoms with Crippen LogP contribution in [0.2, 0.25) is 0 Å². The summed E-state index contributed by atoms with van der Waals surface area (Å²) in [5.41, 5.74) is 0.145. The third-order valence-corrected chi connectivity index (χ3v) is 10.6. The lowest BCUT2D eigenvalue weighted by molar-refractivity contribution is -0.241. The summed E-state index contributed by atoms with van der Waals surface area (Å²) in [7, 11) is -3.38. The molecule has 1 N–H and O–H groups in total. The Morgan fingerprint density at radius 2 is 1.77 bits per heavy atom. The second kappa shape index (κ2) is 9.77. The number of benzene rings is 1. The molecule has 3 rings (SSSR count). The molecule has 2 fully saturated rings. The van der Waals surface area contributed by atoms with Crippen LogP contribution in [0, 0.1) is 23.7 Å². The number of aliphatic hydroxyl groups is 1. The van der Waals surface area contributed by atoms with Gasteiger partial charge < -0.3 is 10.00 Å². The van der Waals surface area contributed by atoms with Crippen molar-refractivity contribution in [1.82, 2.24) is 4.67 Å². The molecular weight excluding hydrogens is 405 g/mol. The molecule has 31 heavy (non-hydrogen) atoms. The first-order valence-electron chi connectivity index (χ1n) is 12.3. The van der Waals surface area contributed by atoms with Crippen molar-refractivity contribution in [2.75, 3.05) is 6.54 Å². The van der Waals surface area contributed by atoms with Gasteiger partial charge >= 0.3 is 0 Å². The maximum atomic E-state index is 15.1. The second-order valence-corrected chi connectivity index (χ2v) is 13.8. The molecule has 2 aliphatic rings. The first-order valence-corrected chi connectivity index (χ1v) is 13.9. The van der Waals surface area contributed by atoms with Crippen molar-refractivity contribution in [1.29, 1.82) is 0 Å². The van der Waals surface area contributed by atoms with Crippen molar-refractivity contribution >= 4 is 7.87 Å². The van der Waals surface area contributed by atoms with E-state index in [1.54, 1.807) is 0 Å². The van der Waals surface area contributed by atoms with E-state index >= 15 is 4.89 Å². The Balaban J connectivity index is 2.12. The summed E-state index contributed by atoms with van der Waals surface area (Å²) in [6, 6.07) is 9.94. The highest BCUT2D eigenvalue weighted by Crippen LogP contribution is 2.74. The highest BCUT2D eigenvalue weighted by atomic mass is 31.2. The highest BCUT2D eigenvalue weighted by Gasteiger charge is 2.63. The quantitative estimate of drug-likeness (QED) is 0.532. The van der Waals surface area contributed by atoms with Crippen molar-refractivity contribution in [3.63, 3.8) is 0 Å². The smallest absolute Gasteiger partial charge is 0.184 e. The van der Waals surface area contributed by atoms with Crippen molar-refractivity contribution in [3.8, 4) is 0 Å². The van der Waals surface area contributed by atoms with Gasteiger partial charge in [0, 0.05) is 12.5 Å². The molecule has 0 amide bonds. The lowest BCUT2D eigenvalue weighted by Crippen LogP contribution is -2.63. The van der Waals surface area contributed by atoms with Crippen LogP contribution in [0.25, 0.3) is 0 Å². The predicted molar refractivity (Wildman–Crippen MR) is 129 cm³/mol. The Labute approximate surface area is 190 Å². The molecule has 5 heteroatoms. The molecule has 1 aliphatic carbocycles. The van der Waals surface area contributed by atoms with Crippen LogP contribution in [-0.2, 0) is 4.52 Å². The molecule has 1 aromatic carbocycles. The van der Waals surface area contributed by atoms with Crippen molar-refractivity contribution < 1.29 is 14.5 Å². The Kier molecular flexibility index (Phi) is 7.92. The summed E-state index contributed by atoms with van der Waals surface area (Å²) in [6.45, 7) is 16.1. The van der Waals surface area contributed by atoms with E-state index in [4.69, 9.17) is 4.52 Å². The molecule has 176 valence electrons. The Hall–Kier alpha value is -0.510. The van der Waals surface area contributed by atoms with Gasteiger partial charge in [0.1, 0.15) is 6.10 Å². The molecular formula is C26H44NO3P. The topological polar surface area (TPSA) is 55.8 Å². The zero-order valence-electron chi connectivity index (χ0n) is 20.6. The molecule has 1 aromatic rings. The summed E-state index contributed by atoms with van der Waals surface area (Å²) >= 11 is 0. The summed E-state index contributed by atoms with van der Waals surface area (Å²) in [5, 5.41) is 11.4. The molecule has 1 aliphatic heterocycles. The van der Waals surface area contributed by atoms with E-state index < -0.39 is 19.6 Å². The van der Waals surface area contributed by atoms with Crippen LogP contribution in [0.15, 0.2) is 30.3 Å². The summed E-state index contributed by atoms with van der Waals surface area (Å²) in [6.07, 6.45) is 3.15. The van der Waals surface area contributed by atoms with Crippen LogP contribution < -0.4 is 4.89 Å². The van der Waals surface area contributed by atoms with Crippen molar-refractivity contribution in [2.24, 2.45) is 23.7 Å². The van der Waals surface area contributed by atoms with Gasteiger partial charge in [0.2, 0.25) is 0 Å². The van der Waals surface area contributed by atoms with E-state index in [-0.39, 0.29) is 11.6 Å². The molecule has 0 spiro atoms. The first-order chi connectivity index (χ1) is 14.5. The Bertz CT molecular complexity index is 710. The number of hydrogen-bond acceptors (Lipinski definition) is 4. The normalized spacial score (nSPS) is 33.3. The molecule has 1 saturated carbocycles. The van der Waals surface area contributed by atoms with Crippen molar-refractivity contribution in [3.05, 3.63) is 35.9 Å². The SMILES string of the molecule is CC(C)C[C@H](O)[C@H](c1ccccc1)[P+]1([O-])O[C@@H]2C[C@H](C)CC[C@H]2C(C)(C)N1CC(C)C. The highest BCUT2D eigenvalue weighted by molar-refractivity contribution is 7.62. The van der Waals surface area contributed by atoms with Gasteiger partial charge in [0.25, 0.3) is 0 Å². The van der Waals surface area contributed by atoms with Gasteiger partial charge in [-0.05, 0) is 56.4 Å². The number of hydrogen-bond donors (Lipinski definition) is 1. The van der Waals surface area contributed by atoms with Crippen LogP contribution in [0.4, 0.5) is 0 Å². The maximum absolute atomic E-state index is 15.1. The molecule has 1 unspecified atom stereocenters. The van der Waals surface area contributed by atoms with E-state index in [1.165, 1.54) is 6.42 Å². The zero-order valence-corrected chi connectivity index (χ0v) is 21.5. The lowest BCUT2D eigenvalue weighted by atomic mass is 9.71. The minimum absolute atomic E-state index is 0.00884. The maximum Gasteiger partial charge on any atom is 0.184 e. The molecule has 0 bridgehead atoms. The largest absolute Gasteiger partial charge is 0.640 e. The lowest BCUT2D eigenvalue weighted by Gasteiger charge is -2.60. The summed E-state index contributed by atoms with van der Waals surface area (Å²) in [4.78, 5) is 15.1. The third kappa shape index (κ3) is 5.20. The Morgan fingerprint density at radius 3 is 2.35 bits per heavy atom. The number of nitrogens with zero attached hydrogens (tertiary/aromatic N) is 1. The fourth-order valence-electron chi connectivity index (χ4n) is 5.86. The molecule has 1 saturated heterocycles. The average molecular weight is 450 g/mol. The van der Waals surface area contributed by atoms with E-state index in [2.05, 4.69) is 53.1 Å². The van der Waals surface area contributed by atoms with Crippen molar-refractivity contribution in [2.45, 2.75) is 97.6 Å². The number of fused-ring (bicyclic) bond motifs is 1. The van der Waals surface area contributed by atoms with E-state index in [1.807, 2.05) is 30.3 Å². The molecule has 6 atom stereocenters. The first kappa shape index (κ1) is 25.1. The van der Waals surface area contributed by atoms with Gasteiger partial charge in [-0.2, -0.15) is 4.67 Å². The van der Waals surface area contributed by atoms with E-state index in [0.717, 1.165) is 18.4 Å². The van der Waals surface area contributed by atoms with E-state index in [9.17, 15) is 5.11 Å². The third-order valence-electron chi connectivity index (χ3n) is 7.36. The molecule has 0 radical (unpaired) electrons. The van der Waals surface area contributed by atoms with Gasteiger partial charge in [-0.25, -0.2) is 4.52 Å². The predicted octanol–water partition coefficient (Wildman–Crippen LogP) is 5.83. The van der Waals surface area contributed by atoms with Crippen LogP contribution in [-0.4, -0.2) is 34.1 Å². The average Bonchev–Trinajstić information content (AvgIpc) is 2.65. The van der Waals surface area contributed by atoms with E-state index in [0.29, 0.717) is 36.6 Å². The summed E-state index contributed by atoms with van der Waals surface area (Å²) in [5.74, 6) is 1.61. The minimum atomic E-state index is -3.38. The van der Waals surface area contributed by atoms with Crippen LogP contribution in [0.5, 0.6) is 0 Å². The Morgan fingerprint density at radius 1 is 1.13 bits per heavy atom. The monoisotopic (exact) mass is 449 g/mol. The zero-order chi connectivity index (χ0) is 23.0. The van der Waals surface area contributed by atoms with Crippen LogP contribution in [0.1, 0.15) is 85.4 Å². The standard InChI is InChI=1S/C26H44NO3P/c1-18(2)15-23(28)25(21-11-9-8-10-12-21)31(29)27(17-19(3)4)26(6,7)22-14-13-20(5)16-24(22)30-31/h8-12,18-20,22-25,28H,13-17H2,1-7H3/t20-,22-,23+,24-,25+,31?/m1/s1. The minimum Gasteiger partial charge on any atom is -0.640 e. The van der Waals surface area contributed by atoms with Crippen LogP contribution >= 0.6 is 7.87 Å². The van der Waals surface area contributed by atoms with Gasteiger partial charge in [-0.1, -0.05) is 71.4 Å². The van der Waals surface area contributed by atoms with Gasteiger partial charge in [-0.15, -0.1) is 0 Å². The summed E-state index contributed by atoms with van der Waals surface area (Å²) < 4.78 is 8.92. The fourth-order valence-corrected chi connectivity index (χ4v) is 9.55. The molecule has 0 aromatic heterocycles. The second-order valence-electron chi connectivity index (χ2n) is 11.4. The number of rotatable bonds is 7. The van der Waals surface area contributed by atoms with Gasteiger partial charge in [0.15, 0.2) is 13.5 Å². The number of aliphatic hydroxyl groups excluding tert-OH is 1. The van der Waals surface area contributed by atoms with Gasteiger partial charge in [0.05, 0.1) is 11.6 Å². The fraction of sp³-hybridized carbons (Fsp3) is 0.769.